The quantitative estimate of drug-likeness (QED) is 0.788. The molecule has 1 rings (SSSR count). The predicted molar refractivity (Wildman–Crippen MR) is 77.7 cm³/mol. The van der Waals surface area contributed by atoms with Crippen LogP contribution in [0.3, 0.4) is 0 Å². The molecule has 0 spiro atoms. The normalized spacial score (nSPS) is 14.5. The van der Waals surface area contributed by atoms with Crippen LogP contribution in [0.5, 0.6) is 0 Å². The van der Waals surface area contributed by atoms with E-state index >= 15 is 0 Å². The monoisotopic (exact) mass is 288 g/mol. The molecule has 0 heterocycles. The van der Waals surface area contributed by atoms with Crippen molar-refractivity contribution >= 4 is 19.7 Å². The summed E-state index contributed by atoms with van der Waals surface area (Å²) in [6.45, 7) is 8.16. The summed E-state index contributed by atoms with van der Waals surface area (Å²) in [4.78, 5) is 0. The molecule has 102 valence electrons. The number of aryl methyl sites for hydroxylation is 1. The molecule has 0 aliphatic rings. The van der Waals surface area contributed by atoms with E-state index in [-0.39, 0.29) is 5.41 Å². The summed E-state index contributed by atoms with van der Waals surface area (Å²) in [7, 11) is 1.87. The SMILES string of the molecule is CC(CCc1ccc(C(C)(C)C)cc1)S(=O)(=O)Cl. The lowest BCUT2D eigenvalue weighted by molar-refractivity contribution is 0.589. The maximum atomic E-state index is 11.1. The van der Waals surface area contributed by atoms with E-state index < -0.39 is 14.3 Å². The molecular formula is C14H21ClO2S. The first-order valence-corrected chi connectivity index (χ1v) is 8.51. The first kappa shape index (κ1) is 15.5. The van der Waals surface area contributed by atoms with E-state index in [0.717, 1.165) is 12.0 Å². The molecule has 1 unspecified atom stereocenters. The summed E-state index contributed by atoms with van der Waals surface area (Å²) in [5.41, 5.74) is 2.57. The van der Waals surface area contributed by atoms with Crippen molar-refractivity contribution in [3.05, 3.63) is 35.4 Å². The van der Waals surface area contributed by atoms with Crippen molar-refractivity contribution in [1.29, 1.82) is 0 Å². The molecule has 1 aromatic rings. The van der Waals surface area contributed by atoms with Gasteiger partial charge in [0, 0.05) is 10.7 Å². The highest BCUT2D eigenvalue weighted by Crippen LogP contribution is 2.23. The molecule has 1 atom stereocenters. The minimum atomic E-state index is -3.43. The fourth-order valence-electron chi connectivity index (χ4n) is 1.68. The molecule has 0 aliphatic carbocycles. The van der Waals surface area contributed by atoms with E-state index in [2.05, 4.69) is 45.0 Å². The molecule has 0 radical (unpaired) electrons. The van der Waals surface area contributed by atoms with Gasteiger partial charge >= 0.3 is 0 Å². The maximum absolute atomic E-state index is 11.1. The summed E-state index contributed by atoms with van der Waals surface area (Å²) in [5.74, 6) is 0. The third-order valence-electron chi connectivity index (χ3n) is 3.14. The Hall–Kier alpha value is -0.540. The molecule has 1 aromatic carbocycles. The lowest BCUT2D eigenvalue weighted by Crippen LogP contribution is -2.13. The molecule has 0 bridgehead atoms. The summed E-state index contributed by atoms with van der Waals surface area (Å²) in [5, 5.41) is -0.499. The molecular weight excluding hydrogens is 268 g/mol. The van der Waals surface area contributed by atoms with E-state index in [0.29, 0.717) is 6.42 Å². The maximum Gasteiger partial charge on any atom is 0.235 e. The summed E-state index contributed by atoms with van der Waals surface area (Å²) in [6, 6.07) is 8.34. The van der Waals surface area contributed by atoms with Crippen LogP contribution in [-0.4, -0.2) is 13.7 Å². The van der Waals surface area contributed by atoms with Crippen LogP contribution >= 0.6 is 10.7 Å². The summed E-state index contributed by atoms with van der Waals surface area (Å²) < 4.78 is 22.2. The Bertz CT molecular complexity index is 484. The van der Waals surface area contributed by atoms with Gasteiger partial charge in [-0.3, -0.25) is 0 Å². The van der Waals surface area contributed by atoms with Crippen molar-refractivity contribution in [2.45, 2.75) is 51.2 Å². The van der Waals surface area contributed by atoms with E-state index in [4.69, 9.17) is 10.7 Å². The molecule has 0 amide bonds. The van der Waals surface area contributed by atoms with Gasteiger partial charge in [-0.1, -0.05) is 45.0 Å². The van der Waals surface area contributed by atoms with Gasteiger partial charge in [0.15, 0.2) is 0 Å². The number of hydrogen-bond acceptors (Lipinski definition) is 2. The Morgan fingerprint density at radius 2 is 1.67 bits per heavy atom. The van der Waals surface area contributed by atoms with Gasteiger partial charge in [0.1, 0.15) is 0 Å². The lowest BCUT2D eigenvalue weighted by atomic mass is 9.86. The van der Waals surface area contributed by atoms with Crippen LogP contribution in [0.25, 0.3) is 0 Å². The first-order valence-electron chi connectivity index (χ1n) is 6.13. The highest BCUT2D eigenvalue weighted by molar-refractivity contribution is 8.14. The van der Waals surface area contributed by atoms with Crippen molar-refractivity contribution < 1.29 is 8.42 Å². The van der Waals surface area contributed by atoms with Gasteiger partial charge in [0.25, 0.3) is 0 Å². The Kier molecular flexibility index (Phi) is 4.84. The Labute approximate surface area is 115 Å². The van der Waals surface area contributed by atoms with Crippen molar-refractivity contribution in [2.75, 3.05) is 0 Å². The Balaban J connectivity index is 2.66. The zero-order valence-corrected chi connectivity index (χ0v) is 13.0. The second kappa shape index (κ2) is 5.62. The molecule has 0 saturated heterocycles. The molecule has 0 aromatic heterocycles. The molecule has 0 N–H and O–H groups in total. The van der Waals surface area contributed by atoms with Crippen LogP contribution < -0.4 is 0 Å². The van der Waals surface area contributed by atoms with E-state index in [1.807, 2.05) is 0 Å². The third kappa shape index (κ3) is 4.62. The lowest BCUT2D eigenvalue weighted by Gasteiger charge is -2.19. The van der Waals surface area contributed by atoms with Crippen molar-refractivity contribution in [1.82, 2.24) is 0 Å². The molecule has 4 heteroatoms. The first-order chi connectivity index (χ1) is 8.10. The number of halogens is 1. The van der Waals surface area contributed by atoms with Crippen LogP contribution in [0.15, 0.2) is 24.3 Å². The van der Waals surface area contributed by atoms with Crippen LogP contribution in [0.4, 0.5) is 0 Å². The molecule has 18 heavy (non-hydrogen) atoms. The second-order valence-corrected chi connectivity index (χ2v) is 8.82. The van der Waals surface area contributed by atoms with Gasteiger partial charge in [-0.25, -0.2) is 8.42 Å². The molecule has 0 fully saturated rings. The summed E-state index contributed by atoms with van der Waals surface area (Å²) >= 11 is 0. The average Bonchev–Trinajstić information content (AvgIpc) is 2.24. The van der Waals surface area contributed by atoms with Gasteiger partial charge in [0.05, 0.1) is 5.25 Å². The minimum Gasteiger partial charge on any atom is -0.212 e. The highest BCUT2D eigenvalue weighted by Gasteiger charge is 2.17. The second-order valence-electron chi connectivity index (χ2n) is 5.77. The number of benzene rings is 1. The Morgan fingerprint density at radius 3 is 2.06 bits per heavy atom. The van der Waals surface area contributed by atoms with Crippen molar-refractivity contribution in [3.8, 4) is 0 Å². The van der Waals surface area contributed by atoms with Crippen LogP contribution in [0.2, 0.25) is 0 Å². The van der Waals surface area contributed by atoms with E-state index in [9.17, 15) is 8.42 Å². The third-order valence-corrected chi connectivity index (χ3v) is 5.25. The smallest absolute Gasteiger partial charge is 0.212 e. The van der Waals surface area contributed by atoms with Gasteiger partial charge in [0.2, 0.25) is 9.05 Å². The largest absolute Gasteiger partial charge is 0.235 e. The van der Waals surface area contributed by atoms with Crippen LogP contribution in [-0.2, 0) is 20.9 Å². The van der Waals surface area contributed by atoms with Crippen molar-refractivity contribution in [2.24, 2.45) is 0 Å². The predicted octanol–water partition coefficient (Wildman–Crippen LogP) is 3.87. The van der Waals surface area contributed by atoms with E-state index in [1.165, 1.54) is 5.56 Å². The zero-order chi connectivity index (χ0) is 14.0. The van der Waals surface area contributed by atoms with Crippen LogP contribution in [0.1, 0.15) is 45.2 Å². The highest BCUT2D eigenvalue weighted by atomic mass is 35.7. The molecule has 0 saturated carbocycles. The van der Waals surface area contributed by atoms with Gasteiger partial charge in [-0.05, 0) is 36.3 Å². The van der Waals surface area contributed by atoms with Crippen LogP contribution in [0, 0.1) is 0 Å². The standard InChI is InChI=1S/C14H21ClO2S/c1-11(18(15,16)17)5-6-12-7-9-13(10-8-12)14(2,3)4/h7-11H,5-6H2,1-4H3. The zero-order valence-electron chi connectivity index (χ0n) is 11.4. The van der Waals surface area contributed by atoms with Gasteiger partial charge in [-0.15, -0.1) is 0 Å². The van der Waals surface area contributed by atoms with Crippen molar-refractivity contribution in [3.63, 3.8) is 0 Å². The summed E-state index contributed by atoms with van der Waals surface area (Å²) in [6.07, 6.45) is 1.29. The molecule has 0 aliphatic heterocycles. The Morgan fingerprint density at radius 1 is 1.17 bits per heavy atom. The average molecular weight is 289 g/mol. The fraction of sp³-hybridized carbons (Fsp3) is 0.571. The molecule has 2 nitrogen and oxygen atoms in total. The minimum absolute atomic E-state index is 0.144. The van der Waals surface area contributed by atoms with Gasteiger partial charge < -0.3 is 0 Å². The fourth-order valence-corrected chi connectivity index (χ4v) is 2.35. The topological polar surface area (TPSA) is 34.1 Å². The van der Waals surface area contributed by atoms with Gasteiger partial charge in [-0.2, -0.15) is 0 Å². The number of rotatable bonds is 4. The number of hydrogen-bond donors (Lipinski definition) is 0. The van der Waals surface area contributed by atoms with E-state index in [1.54, 1.807) is 6.92 Å².